The highest BCUT2D eigenvalue weighted by molar-refractivity contribution is 4.91. The van der Waals surface area contributed by atoms with Crippen LogP contribution in [-0.4, -0.2) is 30.6 Å². The summed E-state index contributed by atoms with van der Waals surface area (Å²) < 4.78 is 42.4. The highest BCUT2D eigenvalue weighted by Crippen LogP contribution is 2.44. The van der Waals surface area contributed by atoms with Crippen LogP contribution >= 0.6 is 0 Å². The fraction of sp³-hybridized carbons (Fsp3) is 1.00. The molecule has 0 aromatic carbocycles. The summed E-state index contributed by atoms with van der Waals surface area (Å²) in [5.74, 6) is -1.26. The number of hydrogen-bond donors (Lipinski definition) is 1. The van der Waals surface area contributed by atoms with Crippen molar-refractivity contribution in [3.05, 3.63) is 0 Å². The van der Waals surface area contributed by atoms with Crippen molar-refractivity contribution in [1.29, 1.82) is 0 Å². The molecule has 102 valence electrons. The Morgan fingerprint density at radius 3 is 2.29 bits per heavy atom. The van der Waals surface area contributed by atoms with Crippen LogP contribution in [0.1, 0.15) is 39.0 Å². The second-order valence-electron chi connectivity index (χ2n) is 5.10. The molecule has 1 unspecified atom stereocenters. The maximum atomic E-state index is 12.5. The molecule has 2 nitrogen and oxygen atoms in total. The zero-order valence-corrected chi connectivity index (χ0v) is 10.4. The highest BCUT2D eigenvalue weighted by atomic mass is 19.4. The van der Waals surface area contributed by atoms with Gasteiger partial charge in [-0.25, -0.2) is 0 Å². The lowest BCUT2D eigenvalue weighted by Crippen LogP contribution is -2.43. The number of ether oxygens (including phenoxy) is 1. The summed E-state index contributed by atoms with van der Waals surface area (Å²) >= 11 is 0. The van der Waals surface area contributed by atoms with E-state index in [1.807, 2.05) is 6.92 Å². The first kappa shape index (κ1) is 14.8. The van der Waals surface area contributed by atoms with Crippen molar-refractivity contribution in [2.75, 3.05) is 13.7 Å². The van der Waals surface area contributed by atoms with Crippen molar-refractivity contribution in [2.45, 2.75) is 50.8 Å². The Hall–Kier alpha value is -0.290. The maximum Gasteiger partial charge on any atom is 0.391 e. The molecule has 0 radical (unpaired) electrons. The molecule has 1 rings (SSSR count). The largest absolute Gasteiger partial charge is 0.391 e. The quantitative estimate of drug-likeness (QED) is 0.835. The Morgan fingerprint density at radius 1 is 1.35 bits per heavy atom. The van der Waals surface area contributed by atoms with Gasteiger partial charge in [-0.15, -0.1) is 0 Å². The zero-order valence-electron chi connectivity index (χ0n) is 10.4. The SMILES string of the molecule is COCCC(C)C1(O)CCC(C(F)(F)F)CC1. The molecular weight excluding hydrogens is 233 g/mol. The molecule has 17 heavy (non-hydrogen) atoms. The number of methoxy groups -OCH3 is 1. The van der Waals surface area contributed by atoms with E-state index in [4.69, 9.17) is 4.74 Å². The van der Waals surface area contributed by atoms with E-state index in [1.54, 1.807) is 7.11 Å². The number of alkyl halides is 3. The van der Waals surface area contributed by atoms with Crippen LogP contribution in [0.5, 0.6) is 0 Å². The third-order valence-corrected chi connectivity index (χ3v) is 3.99. The number of halogens is 3. The first-order valence-electron chi connectivity index (χ1n) is 6.07. The summed E-state index contributed by atoms with van der Waals surface area (Å²) in [6.45, 7) is 2.42. The van der Waals surface area contributed by atoms with E-state index in [2.05, 4.69) is 0 Å². The van der Waals surface area contributed by atoms with E-state index in [0.717, 1.165) is 0 Å². The first-order chi connectivity index (χ1) is 7.79. The van der Waals surface area contributed by atoms with Gasteiger partial charge >= 0.3 is 6.18 Å². The van der Waals surface area contributed by atoms with Gasteiger partial charge in [-0.1, -0.05) is 6.92 Å². The van der Waals surface area contributed by atoms with E-state index in [0.29, 0.717) is 13.0 Å². The monoisotopic (exact) mass is 254 g/mol. The Morgan fingerprint density at radius 2 is 1.88 bits per heavy atom. The van der Waals surface area contributed by atoms with Gasteiger partial charge in [-0.3, -0.25) is 0 Å². The van der Waals surface area contributed by atoms with Crippen LogP contribution in [0.4, 0.5) is 13.2 Å². The average Bonchev–Trinajstić information content (AvgIpc) is 2.25. The van der Waals surface area contributed by atoms with Gasteiger partial charge < -0.3 is 9.84 Å². The molecule has 1 saturated carbocycles. The molecule has 1 N–H and O–H groups in total. The average molecular weight is 254 g/mol. The molecule has 0 amide bonds. The molecule has 1 aliphatic carbocycles. The molecule has 0 aliphatic heterocycles. The van der Waals surface area contributed by atoms with E-state index in [-0.39, 0.29) is 31.6 Å². The number of rotatable bonds is 4. The molecule has 0 aromatic rings. The van der Waals surface area contributed by atoms with Crippen LogP contribution in [0.25, 0.3) is 0 Å². The van der Waals surface area contributed by atoms with Crippen molar-refractivity contribution in [1.82, 2.24) is 0 Å². The van der Waals surface area contributed by atoms with Crippen molar-refractivity contribution >= 4 is 0 Å². The molecule has 0 aromatic heterocycles. The summed E-state index contributed by atoms with van der Waals surface area (Å²) in [4.78, 5) is 0. The van der Waals surface area contributed by atoms with Gasteiger partial charge in [-0.05, 0) is 38.0 Å². The molecule has 0 heterocycles. The standard InChI is InChI=1S/C12H21F3O2/c1-9(5-8-17-2)11(16)6-3-10(4-7-11)12(13,14)15/h9-10,16H,3-8H2,1-2H3. The summed E-state index contributed by atoms with van der Waals surface area (Å²) in [6, 6.07) is 0. The first-order valence-corrected chi connectivity index (χ1v) is 6.07. The van der Waals surface area contributed by atoms with Gasteiger partial charge in [-0.2, -0.15) is 13.2 Å². The zero-order chi connectivity index (χ0) is 13.1. The lowest BCUT2D eigenvalue weighted by atomic mass is 9.71. The van der Waals surface area contributed by atoms with Crippen molar-refractivity contribution < 1.29 is 23.0 Å². The minimum atomic E-state index is -4.11. The van der Waals surface area contributed by atoms with Crippen LogP contribution in [0.3, 0.4) is 0 Å². The van der Waals surface area contributed by atoms with E-state index in [1.165, 1.54) is 0 Å². The van der Waals surface area contributed by atoms with E-state index < -0.39 is 17.7 Å². The minimum absolute atomic E-state index is 0.0170. The molecule has 0 bridgehead atoms. The topological polar surface area (TPSA) is 29.5 Å². The second-order valence-corrected chi connectivity index (χ2v) is 5.10. The smallest absolute Gasteiger partial charge is 0.390 e. The van der Waals surface area contributed by atoms with Crippen molar-refractivity contribution in [3.8, 4) is 0 Å². The van der Waals surface area contributed by atoms with Crippen LogP contribution in [0.2, 0.25) is 0 Å². The summed E-state index contributed by atoms with van der Waals surface area (Å²) in [7, 11) is 1.58. The Labute approximate surface area is 100 Å². The van der Waals surface area contributed by atoms with Crippen molar-refractivity contribution in [3.63, 3.8) is 0 Å². The van der Waals surface area contributed by atoms with Crippen LogP contribution in [0, 0.1) is 11.8 Å². The summed E-state index contributed by atoms with van der Waals surface area (Å²) in [5.41, 5.74) is -0.944. The number of aliphatic hydroxyl groups is 1. The van der Waals surface area contributed by atoms with Gasteiger partial charge in [0, 0.05) is 13.7 Å². The lowest BCUT2D eigenvalue weighted by Gasteiger charge is -2.40. The molecule has 0 spiro atoms. The van der Waals surface area contributed by atoms with Gasteiger partial charge in [0.15, 0.2) is 0 Å². The normalized spacial score (nSPS) is 32.5. The van der Waals surface area contributed by atoms with Gasteiger partial charge in [0.2, 0.25) is 0 Å². The van der Waals surface area contributed by atoms with Gasteiger partial charge in [0.25, 0.3) is 0 Å². The third kappa shape index (κ3) is 3.85. The molecule has 1 aliphatic rings. The highest BCUT2D eigenvalue weighted by Gasteiger charge is 2.46. The number of hydrogen-bond acceptors (Lipinski definition) is 2. The molecule has 1 atom stereocenters. The fourth-order valence-electron chi connectivity index (χ4n) is 2.50. The lowest BCUT2D eigenvalue weighted by molar-refractivity contribution is -0.196. The summed E-state index contributed by atoms with van der Waals surface area (Å²) in [5, 5.41) is 10.3. The van der Waals surface area contributed by atoms with Gasteiger partial charge in [0.05, 0.1) is 11.5 Å². The molecule has 0 saturated heterocycles. The van der Waals surface area contributed by atoms with E-state index >= 15 is 0 Å². The fourth-order valence-corrected chi connectivity index (χ4v) is 2.50. The minimum Gasteiger partial charge on any atom is -0.390 e. The van der Waals surface area contributed by atoms with Gasteiger partial charge in [0.1, 0.15) is 0 Å². The molecule has 1 fully saturated rings. The van der Waals surface area contributed by atoms with Crippen LogP contribution < -0.4 is 0 Å². The van der Waals surface area contributed by atoms with Crippen LogP contribution in [-0.2, 0) is 4.74 Å². The molecular formula is C12H21F3O2. The Balaban J connectivity index is 2.48. The maximum absolute atomic E-state index is 12.5. The Kier molecular flexibility index (Phi) is 4.84. The van der Waals surface area contributed by atoms with E-state index in [9.17, 15) is 18.3 Å². The molecule has 5 heteroatoms. The predicted octanol–water partition coefficient (Wildman–Crippen LogP) is 3.14. The van der Waals surface area contributed by atoms with Crippen molar-refractivity contribution in [2.24, 2.45) is 11.8 Å². The predicted molar refractivity (Wildman–Crippen MR) is 58.6 cm³/mol. The third-order valence-electron chi connectivity index (χ3n) is 3.99. The summed E-state index contributed by atoms with van der Waals surface area (Å²) in [6.07, 6.45) is -2.88. The Bertz CT molecular complexity index is 232. The second kappa shape index (κ2) is 5.57. The van der Waals surface area contributed by atoms with Crippen LogP contribution in [0.15, 0.2) is 0 Å².